The molecule has 0 aliphatic carbocycles. The van der Waals surface area contributed by atoms with Crippen LogP contribution in [0.25, 0.3) is 10.1 Å². The summed E-state index contributed by atoms with van der Waals surface area (Å²) in [5.74, 6) is -0.0515. The van der Waals surface area contributed by atoms with Gasteiger partial charge in [0.05, 0.1) is 6.10 Å². The summed E-state index contributed by atoms with van der Waals surface area (Å²) in [6, 6.07) is 15.9. The van der Waals surface area contributed by atoms with E-state index in [-0.39, 0.29) is 12.5 Å². The van der Waals surface area contributed by atoms with Crippen molar-refractivity contribution in [3.05, 3.63) is 69.5 Å². The lowest BCUT2D eigenvalue weighted by molar-refractivity contribution is -0.121. The molecule has 3 rings (SSSR count). The van der Waals surface area contributed by atoms with Crippen LogP contribution in [0.5, 0.6) is 0 Å². The van der Waals surface area contributed by atoms with Gasteiger partial charge in [-0.1, -0.05) is 52.3 Å². The van der Waals surface area contributed by atoms with Gasteiger partial charge in [0.25, 0.3) is 0 Å². The molecule has 2 N–H and O–H groups in total. The van der Waals surface area contributed by atoms with Crippen molar-refractivity contribution in [3.63, 3.8) is 0 Å². The van der Waals surface area contributed by atoms with Gasteiger partial charge in [-0.05, 0) is 34.9 Å². The Morgan fingerprint density at radius 1 is 1.17 bits per heavy atom. The SMILES string of the molecule is O=C(CCc1ccccc1Br)NCC(O)c1csc2ccccc12. The molecule has 0 radical (unpaired) electrons. The zero-order valence-corrected chi connectivity index (χ0v) is 15.4. The van der Waals surface area contributed by atoms with Crippen molar-refractivity contribution in [1.82, 2.24) is 5.32 Å². The average molecular weight is 404 g/mol. The van der Waals surface area contributed by atoms with Gasteiger partial charge in [0.15, 0.2) is 0 Å². The van der Waals surface area contributed by atoms with Crippen LogP contribution in [0.4, 0.5) is 0 Å². The van der Waals surface area contributed by atoms with Gasteiger partial charge in [-0.25, -0.2) is 0 Å². The Balaban J connectivity index is 1.53. The number of hydrogen-bond acceptors (Lipinski definition) is 3. The number of aliphatic hydroxyl groups is 1. The van der Waals surface area contributed by atoms with Gasteiger partial charge in [-0.2, -0.15) is 0 Å². The highest BCUT2D eigenvalue weighted by Gasteiger charge is 2.14. The average Bonchev–Trinajstić information content (AvgIpc) is 3.03. The minimum absolute atomic E-state index is 0.0515. The number of nitrogens with one attached hydrogen (secondary N) is 1. The van der Waals surface area contributed by atoms with Crippen molar-refractivity contribution in [3.8, 4) is 0 Å². The predicted octanol–water partition coefficient (Wildman–Crippen LogP) is 4.45. The Hall–Kier alpha value is -1.69. The third kappa shape index (κ3) is 4.04. The monoisotopic (exact) mass is 403 g/mol. The predicted molar refractivity (Wildman–Crippen MR) is 102 cm³/mol. The molecular weight excluding hydrogens is 386 g/mol. The molecule has 0 saturated carbocycles. The van der Waals surface area contributed by atoms with E-state index >= 15 is 0 Å². The molecule has 124 valence electrons. The van der Waals surface area contributed by atoms with E-state index in [1.54, 1.807) is 11.3 Å². The molecule has 0 saturated heterocycles. The molecule has 3 aromatic rings. The summed E-state index contributed by atoms with van der Waals surface area (Å²) in [5, 5.41) is 16.2. The number of benzene rings is 2. The minimum Gasteiger partial charge on any atom is -0.387 e. The summed E-state index contributed by atoms with van der Waals surface area (Å²) in [5.41, 5.74) is 1.98. The first-order chi connectivity index (χ1) is 11.6. The molecule has 1 atom stereocenters. The van der Waals surface area contributed by atoms with Crippen LogP contribution in [-0.4, -0.2) is 17.6 Å². The van der Waals surface area contributed by atoms with Crippen LogP contribution < -0.4 is 5.32 Å². The number of aryl methyl sites for hydroxylation is 1. The van der Waals surface area contributed by atoms with E-state index in [1.807, 2.05) is 53.9 Å². The van der Waals surface area contributed by atoms with Crippen molar-refractivity contribution in [1.29, 1.82) is 0 Å². The molecular formula is C19H18BrNO2S. The van der Waals surface area contributed by atoms with Crippen LogP contribution in [-0.2, 0) is 11.2 Å². The maximum Gasteiger partial charge on any atom is 0.220 e. The summed E-state index contributed by atoms with van der Waals surface area (Å²) < 4.78 is 2.16. The van der Waals surface area contributed by atoms with Crippen molar-refractivity contribution < 1.29 is 9.90 Å². The van der Waals surface area contributed by atoms with Crippen LogP contribution in [0.3, 0.4) is 0 Å². The minimum atomic E-state index is -0.687. The zero-order valence-electron chi connectivity index (χ0n) is 13.0. The molecule has 5 heteroatoms. The fourth-order valence-corrected chi connectivity index (χ4v) is 4.11. The van der Waals surface area contributed by atoms with Crippen LogP contribution in [0.15, 0.2) is 58.4 Å². The number of carbonyl (C=O) groups is 1. The second kappa shape index (κ2) is 7.92. The van der Waals surface area contributed by atoms with E-state index in [2.05, 4.69) is 21.2 Å². The van der Waals surface area contributed by atoms with E-state index in [9.17, 15) is 9.90 Å². The number of amides is 1. The summed E-state index contributed by atoms with van der Waals surface area (Å²) in [4.78, 5) is 12.0. The lowest BCUT2D eigenvalue weighted by atomic mass is 10.1. The molecule has 1 unspecified atom stereocenters. The molecule has 1 amide bonds. The van der Waals surface area contributed by atoms with Gasteiger partial charge in [-0.15, -0.1) is 11.3 Å². The number of fused-ring (bicyclic) bond motifs is 1. The van der Waals surface area contributed by atoms with Crippen molar-refractivity contribution in [2.45, 2.75) is 18.9 Å². The van der Waals surface area contributed by atoms with Gasteiger partial charge in [-0.3, -0.25) is 4.79 Å². The number of rotatable bonds is 6. The lowest BCUT2D eigenvalue weighted by Crippen LogP contribution is -2.28. The molecule has 24 heavy (non-hydrogen) atoms. The molecule has 0 bridgehead atoms. The van der Waals surface area contributed by atoms with Crippen LogP contribution in [0, 0.1) is 0 Å². The summed E-state index contributed by atoms with van der Waals surface area (Å²) >= 11 is 5.09. The molecule has 1 aromatic heterocycles. The highest BCUT2D eigenvalue weighted by atomic mass is 79.9. The van der Waals surface area contributed by atoms with Gasteiger partial charge < -0.3 is 10.4 Å². The zero-order chi connectivity index (χ0) is 16.9. The Bertz CT molecular complexity index is 846. The Kier molecular flexibility index (Phi) is 5.66. The summed E-state index contributed by atoms with van der Waals surface area (Å²) in [7, 11) is 0. The van der Waals surface area contributed by atoms with Gasteiger partial charge in [0.1, 0.15) is 0 Å². The van der Waals surface area contributed by atoms with Crippen molar-refractivity contribution in [2.24, 2.45) is 0 Å². The molecule has 0 aliphatic rings. The first kappa shape index (κ1) is 17.1. The first-order valence-corrected chi connectivity index (χ1v) is 9.46. The number of aliphatic hydroxyl groups excluding tert-OH is 1. The molecule has 0 aliphatic heterocycles. The quantitative estimate of drug-likeness (QED) is 0.638. The summed E-state index contributed by atoms with van der Waals surface area (Å²) in [6.07, 6.45) is 0.387. The maximum absolute atomic E-state index is 12.0. The van der Waals surface area contributed by atoms with Crippen molar-refractivity contribution >= 4 is 43.3 Å². The highest BCUT2D eigenvalue weighted by molar-refractivity contribution is 9.10. The smallest absolute Gasteiger partial charge is 0.220 e. The van der Waals surface area contributed by atoms with Gasteiger partial charge >= 0.3 is 0 Å². The van der Waals surface area contributed by atoms with E-state index < -0.39 is 6.10 Å². The first-order valence-electron chi connectivity index (χ1n) is 7.79. The maximum atomic E-state index is 12.0. The standard InChI is InChI=1S/C19H18BrNO2S/c20-16-7-3-1-5-13(16)9-10-19(23)21-11-17(22)15-12-24-18-8-4-2-6-14(15)18/h1-8,12,17,22H,9-11H2,(H,21,23). The van der Waals surface area contributed by atoms with E-state index in [4.69, 9.17) is 0 Å². The fraction of sp³-hybridized carbons (Fsp3) is 0.211. The van der Waals surface area contributed by atoms with E-state index in [0.29, 0.717) is 12.8 Å². The molecule has 0 spiro atoms. The second-order valence-corrected chi connectivity index (χ2v) is 7.36. The number of hydrogen-bond donors (Lipinski definition) is 2. The molecule has 0 fully saturated rings. The molecule has 1 heterocycles. The third-order valence-electron chi connectivity index (χ3n) is 3.94. The van der Waals surface area contributed by atoms with Crippen LogP contribution in [0.2, 0.25) is 0 Å². The summed E-state index contributed by atoms with van der Waals surface area (Å²) in [6.45, 7) is 0.232. The van der Waals surface area contributed by atoms with Gasteiger partial charge in [0.2, 0.25) is 5.91 Å². The normalized spacial score (nSPS) is 12.2. The second-order valence-electron chi connectivity index (χ2n) is 5.60. The molecule has 2 aromatic carbocycles. The Morgan fingerprint density at radius 2 is 1.92 bits per heavy atom. The van der Waals surface area contributed by atoms with Gasteiger partial charge in [0, 0.05) is 27.7 Å². The molecule has 3 nitrogen and oxygen atoms in total. The third-order valence-corrected chi connectivity index (χ3v) is 5.70. The number of carbonyl (C=O) groups excluding carboxylic acids is 1. The van der Waals surface area contributed by atoms with Crippen LogP contribution >= 0.6 is 27.3 Å². The fourth-order valence-electron chi connectivity index (χ4n) is 2.61. The van der Waals surface area contributed by atoms with E-state index in [0.717, 1.165) is 25.7 Å². The topological polar surface area (TPSA) is 49.3 Å². The van der Waals surface area contributed by atoms with Crippen LogP contribution in [0.1, 0.15) is 23.7 Å². The largest absolute Gasteiger partial charge is 0.387 e. The number of thiophene rings is 1. The number of halogens is 1. The van der Waals surface area contributed by atoms with Crippen molar-refractivity contribution in [2.75, 3.05) is 6.54 Å². The lowest BCUT2D eigenvalue weighted by Gasteiger charge is -2.12. The Morgan fingerprint density at radius 3 is 2.75 bits per heavy atom. The highest BCUT2D eigenvalue weighted by Crippen LogP contribution is 2.29. The van der Waals surface area contributed by atoms with E-state index in [1.165, 1.54) is 0 Å². The Labute approximate surface area is 153 Å².